The second-order valence-corrected chi connectivity index (χ2v) is 4.57. The molecule has 7 heteroatoms. The Bertz CT molecular complexity index is 724. The average molecular weight is 302 g/mol. The smallest absolute Gasteiger partial charge is 0.326 e. The zero-order valence-corrected chi connectivity index (χ0v) is 11.7. The molecule has 7 nitrogen and oxygen atoms in total. The van der Waals surface area contributed by atoms with Gasteiger partial charge in [-0.3, -0.25) is 24.3 Å². The van der Waals surface area contributed by atoms with Crippen molar-refractivity contribution in [1.29, 1.82) is 0 Å². The van der Waals surface area contributed by atoms with Crippen LogP contribution < -0.4 is 5.56 Å². The van der Waals surface area contributed by atoms with Crippen LogP contribution in [-0.4, -0.2) is 22.1 Å². The fourth-order valence-corrected chi connectivity index (χ4v) is 1.86. The van der Waals surface area contributed by atoms with Gasteiger partial charge in [-0.2, -0.15) is 0 Å². The molecule has 0 N–H and O–H groups in total. The number of aromatic nitrogens is 1. The number of hydrogen-bond acceptors (Lipinski definition) is 5. The number of rotatable bonds is 6. The van der Waals surface area contributed by atoms with Crippen LogP contribution in [0.4, 0.5) is 5.69 Å². The predicted molar refractivity (Wildman–Crippen MR) is 78.5 cm³/mol. The Hall–Kier alpha value is -2.96. The predicted octanol–water partition coefficient (Wildman–Crippen LogP) is 1.54. The standard InChI is InChI=1S/C15H14N2O5/c18-14-7-6-13(17(20)21)10-16(14)11-15(19)22-9-8-12-4-2-1-3-5-12/h1-7,10H,8-9,11H2. The summed E-state index contributed by atoms with van der Waals surface area (Å²) >= 11 is 0. The molecular weight excluding hydrogens is 288 g/mol. The van der Waals surface area contributed by atoms with Crippen molar-refractivity contribution in [3.8, 4) is 0 Å². The van der Waals surface area contributed by atoms with E-state index in [0.717, 1.165) is 28.5 Å². The van der Waals surface area contributed by atoms with Crippen LogP contribution >= 0.6 is 0 Å². The van der Waals surface area contributed by atoms with Gasteiger partial charge in [0.2, 0.25) is 0 Å². The van der Waals surface area contributed by atoms with Crippen molar-refractivity contribution >= 4 is 11.7 Å². The largest absolute Gasteiger partial charge is 0.464 e. The first-order valence-electron chi connectivity index (χ1n) is 6.60. The molecule has 0 aliphatic rings. The lowest BCUT2D eigenvalue weighted by atomic mass is 10.2. The topological polar surface area (TPSA) is 91.4 Å². The van der Waals surface area contributed by atoms with E-state index < -0.39 is 16.5 Å². The van der Waals surface area contributed by atoms with Gasteiger partial charge >= 0.3 is 5.97 Å². The molecule has 0 unspecified atom stereocenters. The zero-order valence-electron chi connectivity index (χ0n) is 11.7. The summed E-state index contributed by atoms with van der Waals surface area (Å²) in [6.45, 7) is -0.165. The average Bonchev–Trinajstić information content (AvgIpc) is 2.50. The normalized spacial score (nSPS) is 10.2. The van der Waals surface area contributed by atoms with Gasteiger partial charge < -0.3 is 4.74 Å². The van der Waals surface area contributed by atoms with Gasteiger partial charge in [-0.25, -0.2) is 0 Å². The Morgan fingerprint density at radius 1 is 1.18 bits per heavy atom. The molecule has 0 atom stereocenters. The highest BCUT2D eigenvalue weighted by atomic mass is 16.6. The summed E-state index contributed by atoms with van der Waals surface area (Å²) in [5.74, 6) is -0.612. The second kappa shape index (κ2) is 7.16. The Labute approximate surface area is 125 Å². The third-order valence-corrected chi connectivity index (χ3v) is 2.97. The quantitative estimate of drug-likeness (QED) is 0.458. The Kier molecular flexibility index (Phi) is 5.02. The van der Waals surface area contributed by atoms with Crippen molar-refractivity contribution in [1.82, 2.24) is 4.57 Å². The third kappa shape index (κ3) is 4.27. The number of ether oxygens (including phenoxy) is 1. The summed E-state index contributed by atoms with van der Waals surface area (Å²) in [6, 6.07) is 11.6. The van der Waals surface area contributed by atoms with Crippen molar-refractivity contribution in [2.75, 3.05) is 6.61 Å². The lowest BCUT2D eigenvalue weighted by Crippen LogP contribution is -2.24. The van der Waals surface area contributed by atoms with Crippen LogP contribution in [0.2, 0.25) is 0 Å². The minimum absolute atomic E-state index is 0.187. The van der Waals surface area contributed by atoms with E-state index in [9.17, 15) is 19.7 Å². The fraction of sp³-hybridized carbons (Fsp3) is 0.200. The highest BCUT2D eigenvalue weighted by molar-refractivity contribution is 5.69. The van der Waals surface area contributed by atoms with Crippen LogP contribution in [0, 0.1) is 10.1 Å². The maximum absolute atomic E-state index is 11.7. The van der Waals surface area contributed by atoms with E-state index in [4.69, 9.17) is 4.74 Å². The first kappa shape index (κ1) is 15.4. The minimum Gasteiger partial charge on any atom is -0.464 e. The molecule has 0 bridgehead atoms. The maximum Gasteiger partial charge on any atom is 0.326 e. The molecule has 0 spiro atoms. The molecule has 2 rings (SSSR count). The summed E-state index contributed by atoms with van der Waals surface area (Å²) in [5, 5.41) is 10.7. The number of esters is 1. The molecule has 1 aromatic carbocycles. The van der Waals surface area contributed by atoms with Crippen molar-refractivity contribution in [3.05, 3.63) is 74.7 Å². The molecule has 0 fully saturated rings. The summed E-state index contributed by atoms with van der Waals surface area (Å²) in [4.78, 5) is 33.3. The van der Waals surface area contributed by atoms with Crippen LogP contribution in [0.5, 0.6) is 0 Å². The monoisotopic (exact) mass is 302 g/mol. The summed E-state index contributed by atoms with van der Waals surface area (Å²) in [7, 11) is 0. The highest BCUT2D eigenvalue weighted by Gasteiger charge is 2.11. The molecule has 22 heavy (non-hydrogen) atoms. The molecule has 0 radical (unpaired) electrons. The van der Waals surface area contributed by atoms with E-state index in [1.165, 1.54) is 0 Å². The third-order valence-electron chi connectivity index (χ3n) is 2.97. The highest BCUT2D eigenvalue weighted by Crippen LogP contribution is 2.06. The van der Waals surface area contributed by atoms with Gasteiger partial charge in [-0.15, -0.1) is 0 Å². The lowest BCUT2D eigenvalue weighted by Gasteiger charge is -2.07. The number of carbonyl (C=O) groups excluding carboxylic acids is 1. The van der Waals surface area contributed by atoms with E-state index in [0.29, 0.717) is 6.42 Å². The first-order chi connectivity index (χ1) is 10.6. The van der Waals surface area contributed by atoms with Crippen LogP contribution in [0.3, 0.4) is 0 Å². The second-order valence-electron chi connectivity index (χ2n) is 4.57. The number of carbonyl (C=O) groups is 1. The van der Waals surface area contributed by atoms with E-state index in [1.54, 1.807) is 0 Å². The van der Waals surface area contributed by atoms with E-state index in [2.05, 4.69) is 0 Å². The van der Waals surface area contributed by atoms with E-state index in [1.807, 2.05) is 30.3 Å². The molecule has 0 saturated heterocycles. The van der Waals surface area contributed by atoms with Crippen molar-refractivity contribution < 1.29 is 14.5 Å². The molecule has 0 saturated carbocycles. The van der Waals surface area contributed by atoms with Crippen molar-refractivity contribution in [2.24, 2.45) is 0 Å². The molecule has 2 aromatic rings. The number of nitrogens with zero attached hydrogens (tertiary/aromatic N) is 2. The van der Waals surface area contributed by atoms with Gasteiger partial charge in [0, 0.05) is 18.6 Å². The van der Waals surface area contributed by atoms with Crippen LogP contribution in [-0.2, 0) is 22.5 Å². The van der Waals surface area contributed by atoms with Gasteiger partial charge in [-0.05, 0) is 5.56 Å². The van der Waals surface area contributed by atoms with Gasteiger partial charge in [0.1, 0.15) is 6.54 Å². The van der Waals surface area contributed by atoms with Crippen molar-refractivity contribution in [3.63, 3.8) is 0 Å². The van der Waals surface area contributed by atoms with Gasteiger partial charge in [-0.1, -0.05) is 30.3 Å². The maximum atomic E-state index is 11.7. The van der Waals surface area contributed by atoms with Crippen LogP contribution in [0.25, 0.3) is 0 Å². The van der Waals surface area contributed by atoms with Gasteiger partial charge in [0.25, 0.3) is 11.2 Å². The molecule has 0 aliphatic carbocycles. The molecule has 114 valence electrons. The zero-order chi connectivity index (χ0) is 15.9. The summed E-state index contributed by atoms with van der Waals surface area (Å²) < 4.78 is 6.00. The van der Waals surface area contributed by atoms with Gasteiger partial charge in [0.05, 0.1) is 17.7 Å². The van der Waals surface area contributed by atoms with E-state index in [-0.39, 0.29) is 18.8 Å². The summed E-state index contributed by atoms with van der Waals surface area (Å²) in [5.41, 5.74) is 0.283. The Balaban J connectivity index is 1.91. The molecule has 0 aliphatic heterocycles. The Morgan fingerprint density at radius 2 is 1.91 bits per heavy atom. The molecular formula is C15H14N2O5. The first-order valence-corrected chi connectivity index (χ1v) is 6.60. The number of benzene rings is 1. The van der Waals surface area contributed by atoms with Crippen LogP contribution in [0.1, 0.15) is 5.56 Å². The SMILES string of the molecule is O=C(Cn1cc([N+](=O)[O-])ccc1=O)OCCc1ccccc1. The minimum atomic E-state index is -0.628. The van der Waals surface area contributed by atoms with Crippen LogP contribution in [0.15, 0.2) is 53.5 Å². The Morgan fingerprint density at radius 3 is 2.59 bits per heavy atom. The fourth-order valence-electron chi connectivity index (χ4n) is 1.86. The number of hydrogen-bond donors (Lipinski definition) is 0. The number of nitro groups is 1. The number of pyridine rings is 1. The molecule has 0 amide bonds. The lowest BCUT2D eigenvalue weighted by molar-refractivity contribution is -0.385. The summed E-state index contributed by atoms with van der Waals surface area (Å²) in [6.07, 6.45) is 1.59. The van der Waals surface area contributed by atoms with E-state index >= 15 is 0 Å². The van der Waals surface area contributed by atoms with Crippen molar-refractivity contribution in [2.45, 2.75) is 13.0 Å². The molecule has 1 aromatic heterocycles. The molecule has 1 heterocycles. The van der Waals surface area contributed by atoms with Gasteiger partial charge in [0.15, 0.2) is 0 Å².